The van der Waals surface area contributed by atoms with Gasteiger partial charge >= 0.3 is 0 Å². The minimum Gasteiger partial charge on any atom is -0.383 e. The highest BCUT2D eigenvalue weighted by atomic mass is 32.1. The Morgan fingerprint density at radius 1 is 1.00 bits per heavy atom. The molecule has 4 aromatic rings. The molecule has 0 aliphatic rings. The highest BCUT2D eigenvalue weighted by Gasteiger charge is 2.11. The lowest BCUT2D eigenvalue weighted by atomic mass is 10.0. The van der Waals surface area contributed by atoms with Gasteiger partial charge in [-0.1, -0.05) is 53.8 Å². The molecule has 0 spiro atoms. The van der Waals surface area contributed by atoms with Crippen molar-refractivity contribution < 1.29 is 14.3 Å². The number of carbonyl (C=O) groups excluding carboxylic acids is 2. The van der Waals surface area contributed by atoms with Crippen molar-refractivity contribution in [3.05, 3.63) is 94.3 Å². The molecule has 4 rings (SSSR count). The third-order valence-electron chi connectivity index (χ3n) is 5.17. The Morgan fingerprint density at radius 2 is 1.73 bits per heavy atom. The van der Waals surface area contributed by atoms with Crippen molar-refractivity contribution in [2.24, 2.45) is 4.99 Å². The monoisotopic (exact) mass is 459 g/mol. The lowest BCUT2D eigenvalue weighted by Crippen LogP contribution is -2.19. The van der Waals surface area contributed by atoms with Crippen molar-refractivity contribution in [1.82, 2.24) is 4.57 Å². The van der Waals surface area contributed by atoms with E-state index in [1.54, 1.807) is 7.11 Å². The maximum absolute atomic E-state index is 12.9. The number of fused-ring (bicyclic) bond motifs is 1. The SMILES string of the molecule is COCCn1c(=NC(=O)c2ccc(Cc3ccccc3)cc2)sc2cc(NC(C)=O)ccc21. The van der Waals surface area contributed by atoms with Gasteiger partial charge in [-0.2, -0.15) is 4.99 Å². The second kappa shape index (κ2) is 10.4. The molecule has 0 atom stereocenters. The second-order valence-corrected chi connectivity index (χ2v) is 8.68. The molecule has 0 aliphatic carbocycles. The lowest BCUT2D eigenvalue weighted by molar-refractivity contribution is -0.114. The number of methoxy groups -OCH3 is 1. The molecule has 1 aromatic heterocycles. The molecule has 168 valence electrons. The number of carbonyl (C=O) groups is 2. The van der Waals surface area contributed by atoms with E-state index in [-0.39, 0.29) is 11.8 Å². The van der Waals surface area contributed by atoms with E-state index < -0.39 is 0 Å². The van der Waals surface area contributed by atoms with E-state index >= 15 is 0 Å². The topological polar surface area (TPSA) is 72.7 Å². The van der Waals surface area contributed by atoms with Crippen molar-refractivity contribution in [2.45, 2.75) is 19.9 Å². The fourth-order valence-corrected chi connectivity index (χ4v) is 4.68. The summed E-state index contributed by atoms with van der Waals surface area (Å²) in [5.41, 5.74) is 4.56. The van der Waals surface area contributed by atoms with Crippen LogP contribution in [0.4, 0.5) is 5.69 Å². The molecule has 0 unspecified atom stereocenters. The van der Waals surface area contributed by atoms with Crippen LogP contribution in [0.3, 0.4) is 0 Å². The van der Waals surface area contributed by atoms with Gasteiger partial charge in [-0.15, -0.1) is 0 Å². The normalized spacial score (nSPS) is 11.6. The van der Waals surface area contributed by atoms with Crippen LogP contribution in [0.25, 0.3) is 10.2 Å². The Morgan fingerprint density at radius 3 is 2.42 bits per heavy atom. The third-order valence-corrected chi connectivity index (χ3v) is 6.21. The van der Waals surface area contributed by atoms with Crippen molar-refractivity contribution in [3.63, 3.8) is 0 Å². The number of anilines is 1. The molecule has 0 saturated carbocycles. The number of benzene rings is 3. The van der Waals surface area contributed by atoms with Crippen LogP contribution in [0.2, 0.25) is 0 Å². The largest absolute Gasteiger partial charge is 0.383 e. The van der Waals surface area contributed by atoms with Crippen molar-refractivity contribution in [1.29, 1.82) is 0 Å². The molecule has 0 radical (unpaired) electrons. The van der Waals surface area contributed by atoms with Crippen molar-refractivity contribution in [3.8, 4) is 0 Å². The molecule has 0 saturated heterocycles. The van der Waals surface area contributed by atoms with E-state index in [2.05, 4.69) is 22.4 Å². The van der Waals surface area contributed by atoms with Crippen LogP contribution in [0.15, 0.2) is 77.8 Å². The first-order valence-electron chi connectivity index (χ1n) is 10.7. The summed E-state index contributed by atoms with van der Waals surface area (Å²) >= 11 is 1.41. The van der Waals surface area contributed by atoms with Crippen molar-refractivity contribution >= 4 is 39.1 Å². The summed E-state index contributed by atoms with van der Waals surface area (Å²) in [6, 6.07) is 23.5. The minimum atomic E-state index is -0.291. The number of thiazole rings is 1. The van der Waals surface area contributed by atoms with E-state index in [4.69, 9.17) is 4.74 Å². The van der Waals surface area contributed by atoms with Crippen molar-refractivity contribution in [2.75, 3.05) is 19.0 Å². The summed E-state index contributed by atoms with van der Waals surface area (Å²) in [5.74, 6) is -0.421. The van der Waals surface area contributed by atoms with Gasteiger partial charge in [0, 0.05) is 31.8 Å². The average Bonchev–Trinajstić information content (AvgIpc) is 3.14. The van der Waals surface area contributed by atoms with Gasteiger partial charge in [0.1, 0.15) is 0 Å². The van der Waals surface area contributed by atoms with Crippen LogP contribution in [-0.2, 0) is 22.5 Å². The molecular weight excluding hydrogens is 434 g/mol. The molecule has 33 heavy (non-hydrogen) atoms. The van der Waals surface area contributed by atoms with Gasteiger partial charge in [0.05, 0.1) is 16.8 Å². The molecule has 6 nitrogen and oxygen atoms in total. The number of nitrogens with one attached hydrogen (secondary N) is 1. The minimum absolute atomic E-state index is 0.131. The van der Waals surface area contributed by atoms with Gasteiger partial charge in [-0.05, 0) is 47.9 Å². The Labute approximate surface area is 196 Å². The Kier molecular flexibility index (Phi) is 7.12. The van der Waals surface area contributed by atoms with Gasteiger partial charge in [-0.3, -0.25) is 9.59 Å². The Hall–Kier alpha value is -3.55. The Bertz CT molecular complexity index is 1340. The van der Waals surface area contributed by atoms with Crippen LogP contribution in [-0.4, -0.2) is 30.1 Å². The molecule has 0 bridgehead atoms. The van der Waals surface area contributed by atoms with Crippen LogP contribution < -0.4 is 10.1 Å². The number of rotatable bonds is 7. The maximum Gasteiger partial charge on any atom is 0.279 e. The number of amides is 2. The smallest absolute Gasteiger partial charge is 0.279 e. The zero-order valence-corrected chi connectivity index (χ0v) is 19.4. The van der Waals surface area contributed by atoms with Crippen LogP contribution in [0.5, 0.6) is 0 Å². The molecular formula is C26H25N3O3S. The van der Waals surface area contributed by atoms with E-state index in [1.165, 1.54) is 23.8 Å². The fourth-order valence-electron chi connectivity index (χ4n) is 3.59. The van der Waals surface area contributed by atoms with Crippen LogP contribution >= 0.6 is 11.3 Å². The second-order valence-electron chi connectivity index (χ2n) is 7.67. The first kappa shape index (κ1) is 22.6. The molecule has 0 aliphatic heterocycles. The van der Waals surface area contributed by atoms with Gasteiger partial charge in [0.2, 0.25) is 5.91 Å². The first-order chi connectivity index (χ1) is 16.0. The molecule has 1 N–H and O–H groups in total. The maximum atomic E-state index is 12.9. The standard InChI is InChI=1S/C26H25N3O3S/c1-18(30)27-22-12-13-23-24(17-22)33-26(29(23)14-15-32-2)28-25(31)21-10-8-20(9-11-21)16-19-6-4-3-5-7-19/h3-13,17H,14-16H2,1-2H3,(H,27,30). The van der Waals surface area contributed by atoms with E-state index in [0.717, 1.165) is 22.2 Å². The van der Waals surface area contributed by atoms with Gasteiger partial charge in [0.25, 0.3) is 5.91 Å². The summed E-state index contributed by atoms with van der Waals surface area (Å²) in [4.78, 5) is 29.4. The van der Waals surface area contributed by atoms with Crippen LogP contribution in [0, 0.1) is 0 Å². The molecule has 7 heteroatoms. The number of nitrogens with zero attached hydrogens (tertiary/aromatic N) is 2. The molecule has 1 heterocycles. The predicted octanol–water partition coefficient (Wildman–Crippen LogP) is 4.64. The number of hydrogen-bond donors (Lipinski definition) is 1. The highest BCUT2D eigenvalue weighted by molar-refractivity contribution is 7.16. The van der Waals surface area contributed by atoms with E-state index in [1.807, 2.05) is 65.2 Å². The third kappa shape index (κ3) is 5.63. The summed E-state index contributed by atoms with van der Waals surface area (Å²) in [7, 11) is 1.64. The molecule has 2 amide bonds. The molecule has 0 fully saturated rings. The summed E-state index contributed by atoms with van der Waals surface area (Å²) < 4.78 is 8.15. The lowest BCUT2D eigenvalue weighted by Gasteiger charge is -2.06. The van der Waals surface area contributed by atoms with Gasteiger partial charge in [-0.25, -0.2) is 0 Å². The zero-order valence-electron chi connectivity index (χ0n) is 18.6. The summed E-state index contributed by atoms with van der Waals surface area (Å²) in [6.07, 6.45) is 0.816. The summed E-state index contributed by atoms with van der Waals surface area (Å²) in [6.45, 7) is 2.54. The van der Waals surface area contributed by atoms with E-state index in [9.17, 15) is 9.59 Å². The van der Waals surface area contributed by atoms with Crippen LogP contribution in [0.1, 0.15) is 28.4 Å². The molecule has 3 aromatic carbocycles. The predicted molar refractivity (Wildman–Crippen MR) is 132 cm³/mol. The number of aromatic nitrogens is 1. The highest BCUT2D eigenvalue weighted by Crippen LogP contribution is 2.22. The number of ether oxygens (including phenoxy) is 1. The zero-order chi connectivity index (χ0) is 23.2. The average molecular weight is 460 g/mol. The first-order valence-corrected chi connectivity index (χ1v) is 11.5. The number of hydrogen-bond acceptors (Lipinski definition) is 4. The quantitative estimate of drug-likeness (QED) is 0.438. The summed E-state index contributed by atoms with van der Waals surface area (Å²) in [5, 5.41) is 2.79. The Balaban J connectivity index is 1.63. The van der Waals surface area contributed by atoms with Gasteiger partial charge in [0.15, 0.2) is 4.80 Å². The van der Waals surface area contributed by atoms with E-state index in [0.29, 0.717) is 29.2 Å². The fraction of sp³-hybridized carbons (Fsp3) is 0.192. The van der Waals surface area contributed by atoms with Gasteiger partial charge < -0.3 is 14.6 Å².